The van der Waals surface area contributed by atoms with Crippen molar-refractivity contribution in [1.82, 2.24) is 4.57 Å². The molecule has 0 amide bonds. The quantitative estimate of drug-likeness (QED) is 0.801. The predicted molar refractivity (Wildman–Crippen MR) is 64.4 cm³/mol. The van der Waals surface area contributed by atoms with Crippen LogP contribution in [-0.2, 0) is 0 Å². The number of pyridine rings is 1. The van der Waals surface area contributed by atoms with Gasteiger partial charge in [-0.25, -0.2) is 4.79 Å². The fraction of sp³-hybridized carbons (Fsp3) is 0.538. The van der Waals surface area contributed by atoms with E-state index in [1.807, 2.05) is 0 Å². The van der Waals surface area contributed by atoms with E-state index in [0.29, 0.717) is 0 Å². The van der Waals surface area contributed by atoms with Crippen LogP contribution < -0.4 is 5.56 Å². The minimum absolute atomic E-state index is 0.128. The van der Waals surface area contributed by atoms with E-state index in [2.05, 4.69) is 0 Å². The van der Waals surface area contributed by atoms with Crippen molar-refractivity contribution < 1.29 is 9.90 Å². The normalized spacial score (nSPS) is 17.6. The number of nitrogens with zero attached hydrogens (tertiary/aromatic N) is 1. The molecule has 0 spiro atoms. The molecule has 1 saturated carbocycles. The SMILES string of the molecule is O=C(O)c1cccn(C2CCCCCC2)c1=O. The number of carbonyl (C=O) groups is 1. The molecular formula is C13H17NO3. The average Bonchev–Trinajstić information content (AvgIpc) is 2.57. The van der Waals surface area contributed by atoms with Crippen LogP contribution in [0.4, 0.5) is 0 Å². The largest absolute Gasteiger partial charge is 0.477 e. The van der Waals surface area contributed by atoms with Crippen molar-refractivity contribution in [2.24, 2.45) is 0 Å². The molecule has 0 unspecified atom stereocenters. The summed E-state index contributed by atoms with van der Waals surface area (Å²) in [5.74, 6) is -1.14. The average molecular weight is 235 g/mol. The van der Waals surface area contributed by atoms with Crippen LogP contribution in [0.25, 0.3) is 0 Å². The lowest BCUT2D eigenvalue weighted by atomic mass is 10.1. The summed E-state index contributed by atoms with van der Waals surface area (Å²) >= 11 is 0. The zero-order chi connectivity index (χ0) is 12.3. The highest BCUT2D eigenvalue weighted by Gasteiger charge is 2.18. The summed E-state index contributed by atoms with van der Waals surface area (Å²) in [6, 6.07) is 3.19. The van der Waals surface area contributed by atoms with Crippen molar-refractivity contribution in [3.05, 3.63) is 34.2 Å². The first-order valence-corrected chi connectivity index (χ1v) is 6.14. The molecule has 1 fully saturated rings. The Balaban J connectivity index is 2.34. The molecule has 0 saturated heterocycles. The van der Waals surface area contributed by atoms with Crippen LogP contribution in [0.3, 0.4) is 0 Å². The van der Waals surface area contributed by atoms with Gasteiger partial charge in [-0.3, -0.25) is 4.79 Å². The Morgan fingerprint density at radius 3 is 2.47 bits per heavy atom. The second-order valence-electron chi connectivity index (χ2n) is 4.58. The van der Waals surface area contributed by atoms with Gasteiger partial charge >= 0.3 is 5.97 Å². The van der Waals surface area contributed by atoms with Gasteiger partial charge in [-0.15, -0.1) is 0 Å². The molecular weight excluding hydrogens is 218 g/mol. The molecule has 2 rings (SSSR count). The van der Waals surface area contributed by atoms with E-state index >= 15 is 0 Å². The van der Waals surface area contributed by atoms with Crippen molar-refractivity contribution in [3.8, 4) is 0 Å². The van der Waals surface area contributed by atoms with Gasteiger partial charge in [0.1, 0.15) is 5.56 Å². The Bertz CT molecular complexity index is 456. The minimum atomic E-state index is -1.14. The molecule has 92 valence electrons. The van der Waals surface area contributed by atoms with E-state index in [1.165, 1.54) is 18.9 Å². The number of carboxylic acids is 1. The zero-order valence-corrected chi connectivity index (χ0v) is 9.76. The van der Waals surface area contributed by atoms with Crippen LogP contribution in [0.5, 0.6) is 0 Å². The van der Waals surface area contributed by atoms with Crippen LogP contribution in [0.1, 0.15) is 54.9 Å². The van der Waals surface area contributed by atoms with Gasteiger partial charge in [-0.05, 0) is 25.0 Å². The number of carboxylic acid groups (broad SMARTS) is 1. The minimum Gasteiger partial charge on any atom is -0.477 e. The smallest absolute Gasteiger partial charge is 0.341 e. The van der Waals surface area contributed by atoms with Gasteiger partial charge in [-0.1, -0.05) is 25.7 Å². The van der Waals surface area contributed by atoms with Crippen molar-refractivity contribution >= 4 is 5.97 Å². The molecule has 0 aliphatic heterocycles. The molecule has 1 heterocycles. The number of aromatic nitrogens is 1. The van der Waals surface area contributed by atoms with E-state index in [-0.39, 0.29) is 17.2 Å². The van der Waals surface area contributed by atoms with E-state index in [0.717, 1.165) is 25.7 Å². The van der Waals surface area contributed by atoms with Crippen LogP contribution >= 0.6 is 0 Å². The maximum atomic E-state index is 12.0. The summed E-state index contributed by atoms with van der Waals surface area (Å²) in [5.41, 5.74) is -0.497. The summed E-state index contributed by atoms with van der Waals surface area (Å²) < 4.78 is 1.61. The molecule has 4 heteroatoms. The monoisotopic (exact) mass is 235 g/mol. The fourth-order valence-electron chi connectivity index (χ4n) is 2.50. The number of hydrogen-bond donors (Lipinski definition) is 1. The molecule has 4 nitrogen and oxygen atoms in total. The van der Waals surface area contributed by atoms with Gasteiger partial charge in [0.25, 0.3) is 5.56 Å². The number of hydrogen-bond acceptors (Lipinski definition) is 2. The summed E-state index contributed by atoms with van der Waals surface area (Å²) in [7, 11) is 0. The van der Waals surface area contributed by atoms with Crippen LogP contribution in [0, 0.1) is 0 Å². The lowest BCUT2D eigenvalue weighted by Gasteiger charge is -2.17. The summed E-state index contributed by atoms with van der Waals surface area (Å²) in [6.07, 6.45) is 8.33. The van der Waals surface area contributed by atoms with Gasteiger partial charge in [-0.2, -0.15) is 0 Å². The topological polar surface area (TPSA) is 59.3 Å². The van der Waals surface area contributed by atoms with Gasteiger partial charge in [0.2, 0.25) is 0 Å². The van der Waals surface area contributed by atoms with Crippen molar-refractivity contribution in [3.63, 3.8) is 0 Å². The molecule has 0 aromatic carbocycles. The second-order valence-corrected chi connectivity index (χ2v) is 4.58. The van der Waals surface area contributed by atoms with E-state index < -0.39 is 5.97 Å². The molecule has 17 heavy (non-hydrogen) atoms. The third-order valence-corrected chi connectivity index (χ3v) is 3.42. The van der Waals surface area contributed by atoms with Gasteiger partial charge in [0.15, 0.2) is 0 Å². The molecule has 0 bridgehead atoms. The first-order valence-electron chi connectivity index (χ1n) is 6.14. The molecule has 1 aromatic rings. The maximum Gasteiger partial charge on any atom is 0.341 e. The van der Waals surface area contributed by atoms with Crippen LogP contribution in [0.2, 0.25) is 0 Å². The Hall–Kier alpha value is -1.58. The molecule has 1 aromatic heterocycles. The summed E-state index contributed by atoms with van der Waals surface area (Å²) in [5, 5.41) is 8.93. The zero-order valence-electron chi connectivity index (χ0n) is 9.76. The Morgan fingerprint density at radius 2 is 1.88 bits per heavy atom. The van der Waals surface area contributed by atoms with E-state index in [1.54, 1.807) is 16.8 Å². The highest BCUT2D eigenvalue weighted by molar-refractivity contribution is 5.86. The third kappa shape index (κ3) is 2.57. The van der Waals surface area contributed by atoms with Crippen LogP contribution in [0.15, 0.2) is 23.1 Å². The van der Waals surface area contributed by atoms with Gasteiger partial charge < -0.3 is 9.67 Å². The first-order chi connectivity index (χ1) is 8.20. The molecule has 1 aliphatic carbocycles. The highest BCUT2D eigenvalue weighted by atomic mass is 16.4. The third-order valence-electron chi connectivity index (χ3n) is 3.42. The van der Waals surface area contributed by atoms with Crippen LogP contribution in [-0.4, -0.2) is 15.6 Å². The van der Waals surface area contributed by atoms with E-state index in [4.69, 9.17) is 5.11 Å². The number of rotatable bonds is 2. The maximum absolute atomic E-state index is 12.0. The lowest BCUT2D eigenvalue weighted by Crippen LogP contribution is -2.28. The van der Waals surface area contributed by atoms with Crippen molar-refractivity contribution in [2.75, 3.05) is 0 Å². The first kappa shape index (κ1) is 11.9. The van der Waals surface area contributed by atoms with Gasteiger partial charge in [0, 0.05) is 12.2 Å². The lowest BCUT2D eigenvalue weighted by molar-refractivity contribution is 0.0694. The van der Waals surface area contributed by atoms with E-state index in [9.17, 15) is 9.59 Å². The summed E-state index contributed by atoms with van der Waals surface area (Å²) in [6.45, 7) is 0. The standard InChI is InChI=1S/C13H17NO3/c15-12-11(13(16)17)8-5-9-14(12)10-6-3-1-2-4-7-10/h5,8-10H,1-4,6-7H2,(H,16,17). The fourth-order valence-corrected chi connectivity index (χ4v) is 2.50. The molecule has 1 N–H and O–H groups in total. The van der Waals surface area contributed by atoms with Gasteiger partial charge in [0.05, 0.1) is 0 Å². The van der Waals surface area contributed by atoms with Crippen molar-refractivity contribution in [1.29, 1.82) is 0 Å². The summed E-state index contributed by atoms with van der Waals surface area (Å²) in [4.78, 5) is 22.9. The highest BCUT2D eigenvalue weighted by Crippen LogP contribution is 2.25. The molecule has 0 atom stereocenters. The number of aromatic carboxylic acids is 1. The Kier molecular flexibility index (Phi) is 3.61. The Morgan fingerprint density at radius 1 is 1.24 bits per heavy atom. The molecule has 1 aliphatic rings. The second kappa shape index (κ2) is 5.17. The molecule has 0 radical (unpaired) electrons. The Labute approximate surface area is 99.9 Å². The van der Waals surface area contributed by atoms with Crippen molar-refractivity contribution in [2.45, 2.75) is 44.6 Å². The predicted octanol–water partition coefficient (Wildman–Crippen LogP) is 2.44.